The van der Waals surface area contributed by atoms with Crippen LogP contribution in [0.5, 0.6) is 0 Å². The number of carbonyl (C=O) groups is 1. The normalized spacial score (nSPS) is 15.4. The summed E-state index contributed by atoms with van der Waals surface area (Å²) in [5.41, 5.74) is 3.21. The Balaban J connectivity index is 1.82. The van der Waals surface area contributed by atoms with Crippen molar-refractivity contribution in [3.8, 4) is 0 Å². The molecule has 7 heteroatoms. The zero-order valence-electron chi connectivity index (χ0n) is 16.7. The standard InChI is InChI=1S/C20H28N4O3/c1-12-9-16-15(21-18(12)22-19(26)17(25)20(3,4)5)7-6-8-24(16)11-14-10-13(2)23-27-14/h9-10,17,25H,6-8,11H2,1-5H3,(H,21,22,26)/t17-/m0/s1. The molecular weight excluding hydrogens is 344 g/mol. The molecule has 0 bridgehead atoms. The minimum atomic E-state index is -1.10. The predicted molar refractivity (Wildman–Crippen MR) is 104 cm³/mol. The van der Waals surface area contributed by atoms with Crippen molar-refractivity contribution in [2.75, 3.05) is 16.8 Å². The van der Waals surface area contributed by atoms with E-state index in [1.807, 2.05) is 46.8 Å². The van der Waals surface area contributed by atoms with Crippen LogP contribution in [0.3, 0.4) is 0 Å². The van der Waals surface area contributed by atoms with Gasteiger partial charge in [0, 0.05) is 12.6 Å². The highest BCUT2D eigenvalue weighted by molar-refractivity contribution is 5.94. The molecule has 0 aliphatic carbocycles. The van der Waals surface area contributed by atoms with Crippen LogP contribution in [0.25, 0.3) is 0 Å². The third-order valence-electron chi connectivity index (χ3n) is 4.79. The predicted octanol–water partition coefficient (Wildman–Crippen LogP) is 2.98. The Labute approximate surface area is 159 Å². The fourth-order valence-corrected chi connectivity index (χ4v) is 3.20. The van der Waals surface area contributed by atoms with Crippen LogP contribution in [0.15, 0.2) is 16.7 Å². The van der Waals surface area contributed by atoms with Gasteiger partial charge in [-0.25, -0.2) is 4.98 Å². The molecule has 0 unspecified atom stereocenters. The number of aliphatic hydroxyl groups is 1. The minimum absolute atomic E-state index is 0.428. The Morgan fingerprint density at radius 2 is 2.11 bits per heavy atom. The first-order valence-electron chi connectivity index (χ1n) is 9.32. The van der Waals surface area contributed by atoms with Crippen molar-refractivity contribution >= 4 is 17.4 Å². The highest BCUT2D eigenvalue weighted by atomic mass is 16.5. The maximum atomic E-state index is 12.4. The summed E-state index contributed by atoms with van der Waals surface area (Å²) in [5.74, 6) is 0.908. The summed E-state index contributed by atoms with van der Waals surface area (Å²) in [7, 11) is 0. The summed E-state index contributed by atoms with van der Waals surface area (Å²) in [6.45, 7) is 10.9. The number of nitrogens with one attached hydrogen (secondary N) is 1. The van der Waals surface area contributed by atoms with Crippen LogP contribution in [0, 0.1) is 19.3 Å². The first-order chi connectivity index (χ1) is 12.6. The summed E-state index contributed by atoms with van der Waals surface area (Å²) in [6, 6.07) is 3.99. The van der Waals surface area contributed by atoms with E-state index >= 15 is 0 Å². The van der Waals surface area contributed by atoms with Crippen LogP contribution in [0.4, 0.5) is 11.5 Å². The number of aliphatic hydroxyl groups excluding tert-OH is 1. The molecule has 146 valence electrons. The van der Waals surface area contributed by atoms with Gasteiger partial charge in [0.05, 0.1) is 23.6 Å². The van der Waals surface area contributed by atoms with Crippen molar-refractivity contribution in [1.82, 2.24) is 10.1 Å². The highest BCUT2D eigenvalue weighted by Gasteiger charge is 2.30. The van der Waals surface area contributed by atoms with E-state index in [0.29, 0.717) is 12.4 Å². The van der Waals surface area contributed by atoms with E-state index in [1.165, 1.54) is 0 Å². The largest absolute Gasteiger partial charge is 0.383 e. The summed E-state index contributed by atoms with van der Waals surface area (Å²) >= 11 is 0. The van der Waals surface area contributed by atoms with E-state index < -0.39 is 17.4 Å². The molecule has 1 aliphatic rings. The quantitative estimate of drug-likeness (QED) is 0.857. The van der Waals surface area contributed by atoms with Gasteiger partial charge in [-0.3, -0.25) is 4.79 Å². The van der Waals surface area contributed by atoms with Gasteiger partial charge in [-0.2, -0.15) is 0 Å². The van der Waals surface area contributed by atoms with Crippen LogP contribution in [0.1, 0.15) is 49.9 Å². The SMILES string of the molecule is Cc1cc(CN2CCCc3nc(NC(=O)[C@H](O)C(C)(C)C)c(C)cc32)on1. The molecule has 0 radical (unpaired) electrons. The van der Waals surface area contributed by atoms with Gasteiger partial charge in [0.1, 0.15) is 11.9 Å². The number of hydrogen-bond donors (Lipinski definition) is 2. The lowest BCUT2D eigenvalue weighted by Gasteiger charge is -2.31. The molecule has 0 fully saturated rings. The van der Waals surface area contributed by atoms with Gasteiger partial charge in [0.15, 0.2) is 5.76 Å². The number of carbonyl (C=O) groups excluding carboxylic acids is 1. The molecule has 0 aromatic carbocycles. The van der Waals surface area contributed by atoms with Crippen molar-refractivity contribution in [2.24, 2.45) is 5.41 Å². The molecule has 0 saturated carbocycles. The molecule has 0 spiro atoms. The number of amides is 1. The van der Waals surface area contributed by atoms with Crippen molar-refractivity contribution in [3.05, 3.63) is 34.8 Å². The van der Waals surface area contributed by atoms with Crippen LogP contribution < -0.4 is 10.2 Å². The first kappa shape index (κ1) is 19.4. The van der Waals surface area contributed by atoms with Gasteiger partial charge in [0.2, 0.25) is 0 Å². The molecule has 7 nitrogen and oxygen atoms in total. The Hall–Kier alpha value is -2.41. The molecule has 3 rings (SSSR count). The van der Waals surface area contributed by atoms with Gasteiger partial charge in [-0.05, 0) is 43.7 Å². The molecular formula is C20H28N4O3. The molecule has 0 saturated heterocycles. The lowest BCUT2D eigenvalue weighted by atomic mass is 9.88. The molecule has 27 heavy (non-hydrogen) atoms. The molecule has 2 aromatic rings. The maximum absolute atomic E-state index is 12.4. The smallest absolute Gasteiger partial charge is 0.254 e. The third-order valence-corrected chi connectivity index (χ3v) is 4.79. The van der Waals surface area contributed by atoms with Crippen molar-refractivity contribution in [1.29, 1.82) is 0 Å². The second kappa shape index (κ2) is 7.31. The third kappa shape index (κ3) is 4.30. The van der Waals surface area contributed by atoms with Gasteiger partial charge in [-0.1, -0.05) is 25.9 Å². The van der Waals surface area contributed by atoms with Crippen LogP contribution >= 0.6 is 0 Å². The average Bonchev–Trinajstić information content (AvgIpc) is 2.99. The van der Waals surface area contributed by atoms with Crippen molar-refractivity contribution in [3.63, 3.8) is 0 Å². The lowest BCUT2D eigenvalue weighted by molar-refractivity contribution is -0.129. The van der Waals surface area contributed by atoms with Crippen LogP contribution in [-0.2, 0) is 17.8 Å². The van der Waals surface area contributed by atoms with Gasteiger partial charge in [0.25, 0.3) is 5.91 Å². The zero-order chi connectivity index (χ0) is 19.8. The number of anilines is 2. The Kier molecular flexibility index (Phi) is 5.24. The average molecular weight is 372 g/mol. The van der Waals surface area contributed by atoms with Crippen LogP contribution in [-0.4, -0.2) is 33.8 Å². The summed E-state index contributed by atoms with van der Waals surface area (Å²) < 4.78 is 5.35. The first-order valence-corrected chi connectivity index (χ1v) is 9.32. The number of hydrogen-bond acceptors (Lipinski definition) is 6. The van der Waals surface area contributed by atoms with Gasteiger partial charge >= 0.3 is 0 Å². The summed E-state index contributed by atoms with van der Waals surface area (Å²) in [4.78, 5) is 19.3. The molecule has 1 aliphatic heterocycles. The number of rotatable bonds is 4. The van der Waals surface area contributed by atoms with Gasteiger partial charge < -0.3 is 19.8 Å². The zero-order valence-corrected chi connectivity index (χ0v) is 16.7. The Morgan fingerprint density at radius 1 is 1.37 bits per heavy atom. The number of aromatic nitrogens is 2. The highest BCUT2D eigenvalue weighted by Crippen LogP contribution is 2.31. The van der Waals surface area contributed by atoms with Crippen LogP contribution in [0.2, 0.25) is 0 Å². The van der Waals surface area contributed by atoms with Gasteiger partial charge in [-0.15, -0.1) is 0 Å². The van der Waals surface area contributed by atoms with E-state index in [9.17, 15) is 9.90 Å². The fourth-order valence-electron chi connectivity index (χ4n) is 3.20. The number of nitrogens with zero attached hydrogens (tertiary/aromatic N) is 3. The van der Waals surface area contributed by atoms with E-state index in [-0.39, 0.29) is 0 Å². The fraction of sp³-hybridized carbons (Fsp3) is 0.550. The van der Waals surface area contributed by atoms with E-state index in [0.717, 1.165) is 47.8 Å². The van der Waals surface area contributed by atoms with E-state index in [1.54, 1.807) is 0 Å². The lowest BCUT2D eigenvalue weighted by Crippen LogP contribution is -2.38. The molecule has 2 N–H and O–H groups in total. The van der Waals surface area contributed by atoms with Crippen molar-refractivity contribution in [2.45, 2.75) is 60.1 Å². The maximum Gasteiger partial charge on any atom is 0.254 e. The number of fused-ring (bicyclic) bond motifs is 1. The topological polar surface area (TPSA) is 91.5 Å². The minimum Gasteiger partial charge on any atom is -0.383 e. The second-order valence-corrected chi connectivity index (χ2v) is 8.34. The summed E-state index contributed by atoms with van der Waals surface area (Å²) in [5, 5.41) is 16.9. The monoisotopic (exact) mass is 372 g/mol. The Morgan fingerprint density at radius 3 is 2.74 bits per heavy atom. The van der Waals surface area contributed by atoms with Crippen molar-refractivity contribution < 1.29 is 14.4 Å². The van der Waals surface area contributed by atoms with E-state index in [2.05, 4.69) is 20.4 Å². The number of pyridine rings is 1. The molecule has 3 heterocycles. The molecule has 1 amide bonds. The molecule has 2 aromatic heterocycles. The Bertz CT molecular complexity index is 838. The van der Waals surface area contributed by atoms with E-state index in [4.69, 9.17) is 4.52 Å². The molecule has 1 atom stereocenters. The number of aryl methyl sites for hydroxylation is 3. The summed E-state index contributed by atoms with van der Waals surface area (Å²) in [6.07, 6.45) is 0.737. The second-order valence-electron chi connectivity index (χ2n) is 8.34.